The summed E-state index contributed by atoms with van der Waals surface area (Å²) in [6.45, 7) is 2.36. The van der Waals surface area contributed by atoms with E-state index in [1.54, 1.807) is 23.5 Å². The summed E-state index contributed by atoms with van der Waals surface area (Å²) in [5.74, 6) is -0.176. The lowest BCUT2D eigenvalue weighted by Crippen LogP contribution is -2.26. The van der Waals surface area contributed by atoms with Crippen molar-refractivity contribution in [3.63, 3.8) is 0 Å². The van der Waals surface area contributed by atoms with Crippen LogP contribution in [0, 0.1) is 5.41 Å². The molecule has 5 heteroatoms. The van der Waals surface area contributed by atoms with Gasteiger partial charge in [-0.25, -0.2) is 4.98 Å². The zero-order valence-corrected chi connectivity index (χ0v) is 13.8. The fraction of sp³-hybridized carbons (Fsp3) is 0.167. The standard InChI is InChI=1S/C18H19N3OS/c1-2-6-14(9-11-19)17(22)20-12-10-16-13-23-18(21-16)15-7-4-3-5-8-15/h2-9,11,13,19H,10,12H2,1H3,(H,20,22)/b6-2-,14-9+,19-11?. The molecule has 118 valence electrons. The van der Waals surface area contributed by atoms with E-state index in [1.807, 2.05) is 42.6 Å². The first-order chi connectivity index (χ1) is 11.2. The predicted octanol–water partition coefficient (Wildman–Crippen LogP) is 3.62. The number of rotatable bonds is 7. The third-order valence-electron chi connectivity index (χ3n) is 3.11. The molecule has 0 radical (unpaired) electrons. The van der Waals surface area contributed by atoms with Crippen molar-refractivity contribution in [3.8, 4) is 10.6 Å². The van der Waals surface area contributed by atoms with E-state index in [2.05, 4.69) is 10.3 Å². The average molecular weight is 325 g/mol. The Bertz CT molecular complexity index is 717. The van der Waals surface area contributed by atoms with Crippen LogP contribution in [0.2, 0.25) is 0 Å². The lowest BCUT2D eigenvalue weighted by Gasteiger charge is -2.04. The molecule has 1 aromatic heterocycles. The maximum Gasteiger partial charge on any atom is 0.251 e. The molecule has 1 heterocycles. The number of hydrogen-bond acceptors (Lipinski definition) is 4. The Hall–Kier alpha value is -2.53. The smallest absolute Gasteiger partial charge is 0.251 e. The first kappa shape index (κ1) is 16.8. The molecular formula is C18H19N3OS. The summed E-state index contributed by atoms with van der Waals surface area (Å²) >= 11 is 1.61. The Kier molecular flexibility index (Phi) is 6.44. The lowest BCUT2D eigenvalue weighted by molar-refractivity contribution is -0.117. The van der Waals surface area contributed by atoms with E-state index in [0.29, 0.717) is 18.5 Å². The van der Waals surface area contributed by atoms with Crippen LogP contribution in [0.4, 0.5) is 0 Å². The van der Waals surface area contributed by atoms with E-state index < -0.39 is 0 Å². The van der Waals surface area contributed by atoms with E-state index in [-0.39, 0.29) is 5.91 Å². The van der Waals surface area contributed by atoms with E-state index in [1.165, 1.54) is 6.08 Å². The second kappa shape index (κ2) is 8.80. The number of benzene rings is 1. The van der Waals surface area contributed by atoms with Gasteiger partial charge in [0.15, 0.2) is 0 Å². The summed E-state index contributed by atoms with van der Waals surface area (Å²) in [7, 11) is 0. The number of nitrogens with zero attached hydrogens (tertiary/aromatic N) is 1. The van der Waals surface area contributed by atoms with Crippen LogP contribution in [0.5, 0.6) is 0 Å². The van der Waals surface area contributed by atoms with Crippen molar-refractivity contribution in [2.45, 2.75) is 13.3 Å². The molecule has 0 aliphatic carbocycles. The van der Waals surface area contributed by atoms with Gasteiger partial charge in [0.05, 0.1) is 5.69 Å². The Morgan fingerprint density at radius 2 is 2.13 bits per heavy atom. The molecule has 1 amide bonds. The first-order valence-corrected chi connectivity index (χ1v) is 8.24. The molecule has 23 heavy (non-hydrogen) atoms. The van der Waals surface area contributed by atoms with Gasteiger partial charge in [0.25, 0.3) is 5.91 Å². The fourth-order valence-electron chi connectivity index (χ4n) is 2.02. The maximum absolute atomic E-state index is 12.0. The summed E-state index contributed by atoms with van der Waals surface area (Å²) in [4.78, 5) is 16.6. The van der Waals surface area contributed by atoms with Crippen LogP contribution in [0.25, 0.3) is 10.6 Å². The number of hydrogen-bond donors (Lipinski definition) is 2. The predicted molar refractivity (Wildman–Crippen MR) is 95.9 cm³/mol. The van der Waals surface area contributed by atoms with Gasteiger partial charge in [-0.1, -0.05) is 42.5 Å². The highest BCUT2D eigenvalue weighted by Crippen LogP contribution is 2.23. The number of carbonyl (C=O) groups excluding carboxylic acids is 1. The van der Waals surface area contributed by atoms with Crippen molar-refractivity contribution in [1.82, 2.24) is 10.3 Å². The summed E-state index contributed by atoms with van der Waals surface area (Å²) in [5.41, 5.74) is 2.56. The second-order valence-corrected chi connectivity index (χ2v) is 5.66. The van der Waals surface area contributed by atoms with Gasteiger partial charge in [0.2, 0.25) is 0 Å². The van der Waals surface area contributed by atoms with Crippen molar-refractivity contribution in [1.29, 1.82) is 5.41 Å². The zero-order chi connectivity index (χ0) is 16.5. The van der Waals surface area contributed by atoms with Gasteiger partial charge < -0.3 is 10.7 Å². The Labute approximate surface area is 140 Å². The second-order valence-electron chi connectivity index (χ2n) is 4.80. The average Bonchev–Trinajstić information content (AvgIpc) is 3.04. The Morgan fingerprint density at radius 1 is 1.35 bits per heavy atom. The molecule has 0 unspecified atom stereocenters. The van der Waals surface area contributed by atoms with Gasteiger partial charge in [-0.3, -0.25) is 4.79 Å². The fourth-order valence-corrected chi connectivity index (χ4v) is 2.88. The molecule has 2 N–H and O–H groups in total. The largest absolute Gasteiger partial charge is 0.352 e. The van der Waals surface area contributed by atoms with Gasteiger partial charge in [-0.2, -0.15) is 0 Å². The normalized spacial score (nSPS) is 11.6. The zero-order valence-electron chi connectivity index (χ0n) is 13.0. The van der Waals surface area contributed by atoms with Crippen molar-refractivity contribution in [3.05, 3.63) is 65.2 Å². The lowest BCUT2D eigenvalue weighted by atomic mass is 10.2. The molecule has 0 atom stereocenters. The molecule has 1 aromatic carbocycles. The van der Waals surface area contributed by atoms with Gasteiger partial charge in [0, 0.05) is 35.7 Å². The van der Waals surface area contributed by atoms with Crippen molar-refractivity contribution in [2.75, 3.05) is 6.54 Å². The SMILES string of the molecule is C/C=C\C(=C/C=N)C(=O)NCCc1csc(-c2ccccc2)n1. The molecule has 0 saturated heterocycles. The Balaban J connectivity index is 1.90. The van der Waals surface area contributed by atoms with E-state index in [4.69, 9.17) is 5.41 Å². The Morgan fingerprint density at radius 3 is 2.83 bits per heavy atom. The number of nitrogens with one attached hydrogen (secondary N) is 2. The van der Waals surface area contributed by atoms with Crippen LogP contribution < -0.4 is 5.32 Å². The van der Waals surface area contributed by atoms with E-state index >= 15 is 0 Å². The minimum absolute atomic E-state index is 0.176. The molecule has 0 spiro atoms. The van der Waals surface area contributed by atoms with Gasteiger partial charge >= 0.3 is 0 Å². The topological polar surface area (TPSA) is 65.8 Å². The van der Waals surface area contributed by atoms with Crippen molar-refractivity contribution < 1.29 is 4.79 Å². The molecule has 4 nitrogen and oxygen atoms in total. The third-order valence-corrected chi connectivity index (χ3v) is 4.05. The highest BCUT2D eigenvalue weighted by molar-refractivity contribution is 7.13. The minimum atomic E-state index is -0.176. The van der Waals surface area contributed by atoms with Crippen LogP contribution >= 0.6 is 11.3 Å². The highest BCUT2D eigenvalue weighted by atomic mass is 32.1. The summed E-state index contributed by atoms with van der Waals surface area (Å²) in [6.07, 6.45) is 6.74. The monoisotopic (exact) mass is 325 g/mol. The van der Waals surface area contributed by atoms with Crippen molar-refractivity contribution in [2.24, 2.45) is 0 Å². The van der Waals surface area contributed by atoms with Crippen LogP contribution in [-0.2, 0) is 11.2 Å². The molecule has 0 aliphatic rings. The maximum atomic E-state index is 12.0. The van der Waals surface area contributed by atoms with E-state index in [0.717, 1.165) is 22.5 Å². The van der Waals surface area contributed by atoms with Crippen LogP contribution in [-0.4, -0.2) is 23.7 Å². The third kappa shape index (κ3) is 5.00. The number of aromatic nitrogens is 1. The molecule has 2 rings (SSSR count). The van der Waals surface area contributed by atoms with Gasteiger partial charge in [-0.05, 0) is 13.0 Å². The molecule has 0 bridgehead atoms. The first-order valence-electron chi connectivity index (χ1n) is 7.36. The molecule has 0 fully saturated rings. The van der Waals surface area contributed by atoms with Crippen molar-refractivity contribution >= 4 is 23.5 Å². The molecule has 0 saturated carbocycles. The van der Waals surface area contributed by atoms with E-state index in [9.17, 15) is 4.79 Å². The van der Waals surface area contributed by atoms with Gasteiger partial charge in [0.1, 0.15) is 5.01 Å². The number of thiazole rings is 1. The van der Waals surface area contributed by atoms with Crippen LogP contribution in [0.1, 0.15) is 12.6 Å². The highest BCUT2D eigenvalue weighted by Gasteiger charge is 2.07. The summed E-state index contributed by atoms with van der Waals surface area (Å²) < 4.78 is 0. The number of amides is 1. The van der Waals surface area contributed by atoms with Gasteiger partial charge in [-0.15, -0.1) is 11.3 Å². The molecular weight excluding hydrogens is 306 g/mol. The molecule has 2 aromatic rings. The van der Waals surface area contributed by atoms with Crippen LogP contribution in [0.15, 0.2) is 59.5 Å². The quantitative estimate of drug-likeness (QED) is 0.464. The number of allylic oxidation sites excluding steroid dienone is 2. The number of carbonyl (C=O) groups is 1. The summed E-state index contributed by atoms with van der Waals surface area (Å²) in [6, 6.07) is 10.0. The summed E-state index contributed by atoms with van der Waals surface area (Å²) in [5, 5.41) is 12.9. The molecule has 0 aliphatic heterocycles. The van der Waals surface area contributed by atoms with Crippen LogP contribution in [0.3, 0.4) is 0 Å². The minimum Gasteiger partial charge on any atom is -0.352 e.